The van der Waals surface area contributed by atoms with Crippen molar-refractivity contribution in [2.45, 2.75) is 32.9 Å². The van der Waals surface area contributed by atoms with Crippen LogP contribution in [0.25, 0.3) is 0 Å². The molecule has 0 amide bonds. The van der Waals surface area contributed by atoms with E-state index in [2.05, 4.69) is 50.4 Å². The molecule has 2 aromatic rings. The summed E-state index contributed by atoms with van der Waals surface area (Å²) in [5.41, 5.74) is 3.61. The zero-order chi connectivity index (χ0) is 14.7. The van der Waals surface area contributed by atoms with E-state index in [0.717, 1.165) is 5.56 Å². The second kappa shape index (κ2) is 6.62. The summed E-state index contributed by atoms with van der Waals surface area (Å²) in [6.45, 7) is 6.36. The van der Waals surface area contributed by atoms with Crippen LogP contribution in [0.2, 0.25) is 10.0 Å². The van der Waals surface area contributed by atoms with Crippen LogP contribution >= 0.6 is 23.2 Å². The molecule has 0 aromatic heterocycles. The summed E-state index contributed by atoms with van der Waals surface area (Å²) in [5.74, 6) is 0. The van der Waals surface area contributed by atoms with E-state index in [1.807, 2.05) is 12.1 Å². The van der Waals surface area contributed by atoms with Gasteiger partial charge in [-0.25, -0.2) is 0 Å². The third-order valence-corrected chi connectivity index (χ3v) is 4.07. The molecule has 0 aliphatic heterocycles. The van der Waals surface area contributed by atoms with E-state index in [9.17, 15) is 0 Å². The van der Waals surface area contributed by atoms with Crippen LogP contribution < -0.4 is 5.32 Å². The lowest BCUT2D eigenvalue weighted by Crippen LogP contribution is -2.22. The summed E-state index contributed by atoms with van der Waals surface area (Å²) in [7, 11) is 0. The first kappa shape index (κ1) is 15.4. The molecule has 0 radical (unpaired) electrons. The van der Waals surface area contributed by atoms with Gasteiger partial charge in [0.15, 0.2) is 0 Å². The standard InChI is InChI=1S/C17H19Cl2N/c1-11-4-6-14(7-5-11)12(2)20-13(3)16-9-8-15(18)10-17(16)19/h4-10,12-13,20H,1-3H3. The minimum atomic E-state index is 0.163. The molecule has 0 saturated carbocycles. The molecule has 0 fully saturated rings. The molecule has 3 heteroatoms. The average Bonchev–Trinajstić information content (AvgIpc) is 2.39. The molecule has 0 heterocycles. The Bertz CT molecular complexity index is 578. The number of halogens is 2. The third kappa shape index (κ3) is 3.76. The molecule has 1 N–H and O–H groups in total. The van der Waals surface area contributed by atoms with Crippen LogP contribution in [0.15, 0.2) is 42.5 Å². The molecule has 1 nitrogen and oxygen atoms in total. The van der Waals surface area contributed by atoms with Crippen molar-refractivity contribution in [3.05, 3.63) is 69.2 Å². The van der Waals surface area contributed by atoms with Gasteiger partial charge < -0.3 is 5.32 Å². The maximum absolute atomic E-state index is 6.25. The fourth-order valence-electron chi connectivity index (χ4n) is 2.27. The van der Waals surface area contributed by atoms with Crippen LogP contribution in [-0.4, -0.2) is 0 Å². The van der Waals surface area contributed by atoms with Gasteiger partial charge in [-0.1, -0.05) is 59.1 Å². The Hall–Kier alpha value is -1.02. The van der Waals surface area contributed by atoms with Crippen molar-refractivity contribution in [1.29, 1.82) is 0 Å². The van der Waals surface area contributed by atoms with Gasteiger partial charge in [-0.05, 0) is 44.0 Å². The summed E-state index contributed by atoms with van der Waals surface area (Å²) in [6, 6.07) is 14.6. The van der Waals surface area contributed by atoms with Crippen molar-refractivity contribution < 1.29 is 0 Å². The van der Waals surface area contributed by atoms with Crippen molar-refractivity contribution >= 4 is 23.2 Å². The van der Waals surface area contributed by atoms with Gasteiger partial charge in [-0.15, -0.1) is 0 Å². The molecule has 0 bridgehead atoms. The molecule has 2 aromatic carbocycles. The molecular weight excluding hydrogens is 289 g/mol. The summed E-state index contributed by atoms with van der Waals surface area (Å²) in [4.78, 5) is 0. The topological polar surface area (TPSA) is 12.0 Å². The van der Waals surface area contributed by atoms with Gasteiger partial charge in [-0.2, -0.15) is 0 Å². The van der Waals surface area contributed by atoms with Gasteiger partial charge in [0.1, 0.15) is 0 Å². The van der Waals surface area contributed by atoms with Gasteiger partial charge in [0.2, 0.25) is 0 Å². The Balaban J connectivity index is 2.10. The second-order valence-corrected chi connectivity index (χ2v) is 6.03. The van der Waals surface area contributed by atoms with Crippen LogP contribution in [0.4, 0.5) is 0 Å². The van der Waals surface area contributed by atoms with Crippen LogP contribution in [0, 0.1) is 6.92 Å². The van der Waals surface area contributed by atoms with E-state index >= 15 is 0 Å². The van der Waals surface area contributed by atoms with E-state index in [0.29, 0.717) is 10.0 Å². The first-order valence-corrected chi connectivity index (χ1v) is 7.50. The molecule has 0 saturated heterocycles. The van der Waals surface area contributed by atoms with Crippen LogP contribution in [-0.2, 0) is 0 Å². The predicted octanol–water partition coefficient (Wildman–Crippen LogP) is 5.71. The van der Waals surface area contributed by atoms with E-state index in [1.54, 1.807) is 6.07 Å². The molecular formula is C17H19Cl2N. The SMILES string of the molecule is Cc1ccc(C(C)NC(C)c2ccc(Cl)cc2Cl)cc1. The van der Waals surface area contributed by atoms with E-state index in [-0.39, 0.29) is 12.1 Å². The van der Waals surface area contributed by atoms with E-state index in [4.69, 9.17) is 23.2 Å². The number of hydrogen-bond donors (Lipinski definition) is 1. The maximum atomic E-state index is 6.25. The van der Waals surface area contributed by atoms with Gasteiger partial charge >= 0.3 is 0 Å². The maximum Gasteiger partial charge on any atom is 0.0468 e. The first-order valence-electron chi connectivity index (χ1n) is 6.75. The van der Waals surface area contributed by atoms with Crippen molar-refractivity contribution in [2.75, 3.05) is 0 Å². The van der Waals surface area contributed by atoms with Crippen molar-refractivity contribution in [1.82, 2.24) is 5.32 Å². The van der Waals surface area contributed by atoms with Gasteiger partial charge in [0.05, 0.1) is 0 Å². The smallest absolute Gasteiger partial charge is 0.0468 e. The number of hydrogen-bond acceptors (Lipinski definition) is 1. The average molecular weight is 308 g/mol. The molecule has 0 aliphatic rings. The summed E-state index contributed by atoms with van der Waals surface area (Å²) in [5, 5.41) is 4.93. The lowest BCUT2D eigenvalue weighted by atomic mass is 10.0. The molecule has 0 spiro atoms. The monoisotopic (exact) mass is 307 g/mol. The van der Waals surface area contributed by atoms with Crippen molar-refractivity contribution in [3.8, 4) is 0 Å². The highest BCUT2D eigenvalue weighted by Gasteiger charge is 2.13. The van der Waals surface area contributed by atoms with Crippen LogP contribution in [0.3, 0.4) is 0 Å². The minimum absolute atomic E-state index is 0.163. The largest absolute Gasteiger partial charge is 0.304 e. The Morgan fingerprint density at radius 2 is 1.55 bits per heavy atom. The van der Waals surface area contributed by atoms with E-state index < -0.39 is 0 Å². The first-order chi connectivity index (χ1) is 9.47. The highest BCUT2D eigenvalue weighted by Crippen LogP contribution is 2.28. The Morgan fingerprint density at radius 1 is 0.900 bits per heavy atom. The number of rotatable bonds is 4. The molecule has 2 atom stereocenters. The van der Waals surface area contributed by atoms with Crippen molar-refractivity contribution in [3.63, 3.8) is 0 Å². The minimum Gasteiger partial charge on any atom is -0.304 e. The number of benzene rings is 2. The second-order valence-electron chi connectivity index (χ2n) is 5.19. The van der Waals surface area contributed by atoms with E-state index in [1.165, 1.54) is 11.1 Å². The molecule has 0 aliphatic carbocycles. The molecule has 2 rings (SSSR count). The summed E-state index contributed by atoms with van der Waals surface area (Å²) < 4.78 is 0. The number of nitrogens with one attached hydrogen (secondary N) is 1. The normalized spacial score (nSPS) is 14.1. The van der Waals surface area contributed by atoms with Gasteiger partial charge in [-0.3, -0.25) is 0 Å². The van der Waals surface area contributed by atoms with Gasteiger partial charge in [0.25, 0.3) is 0 Å². The highest BCUT2D eigenvalue weighted by atomic mass is 35.5. The number of aryl methyl sites for hydroxylation is 1. The lowest BCUT2D eigenvalue weighted by molar-refractivity contribution is 0.495. The quantitative estimate of drug-likeness (QED) is 0.762. The summed E-state index contributed by atoms with van der Waals surface area (Å²) >= 11 is 12.2. The molecule has 106 valence electrons. The van der Waals surface area contributed by atoms with Gasteiger partial charge in [0, 0.05) is 22.1 Å². The molecule has 2 unspecified atom stereocenters. The fourth-order valence-corrected chi connectivity index (χ4v) is 2.84. The third-order valence-electron chi connectivity index (χ3n) is 3.51. The lowest BCUT2D eigenvalue weighted by Gasteiger charge is -2.22. The Morgan fingerprint density at radius 3 is 2.15 bits per heavy atom. The van der Waals surface area contributed by atoms with Crippen molar-refractivity contribution in [2.24, 2.45) is 0 Å². The molecule has 20 heavy (non-hydrogen) atoms. The fraction of sp³-hybridized carbons (Fsp3) is 0.294. The Kier molecular flexibility index (Phi) is 5.09. The zero-order valence-corrected chi connectivity index (χ0v) is 13.5. The summed E-state index contributed by atoms with van der Waals surface area (Å²) in [6.07, 6.45) is 0. The highest BCUT2D eigenvalue weighted by molar-refractivity contribution is 6.35. The zero-order valence-electron chi connectivity index (χ0n) is 12.0. The Labute approximate surface area is 130 Å². The van der Waals surface area contributed by atoms with Crippen LogP contribution in [0.1, 0.15) is 42.6 Å². The van der Waals surface area contributed by atoms with Crippen LogP contribution in [0.5, 0.6) is 0 Å². The predicted molar refractivity (Wildman–Crippen MR) is 87.6 cm³/mol.